The first-order chi connectivity index (χ1) is 19.7. The molecule has 42 heavy (non-hydrogen) atoms. The van der Waals surface area contributed by atoms with E-state index in [1.165, 1.54) is 16.5 Å². The van der Waals surface area contributed by atoms with Crippen molar-refractivity contribution < 1.29 is 14.1 Å². The van der Waals surface area contributed by atoms with Crippen molar-refractivity contribution in [1.82, 2.24) is 9.27 Å². The van der Waals surface area contributed by atoms with Crippen molar-refractivity contribution in [3.05, 3.63) is 52.5 Å². The van der Waals surface area contributed by atoms with Crippen LogP contribution in [0.25, 0.3) is 10.1 Å². The van der Waals surface area contributed by atoms with Gasteiger partial charge in [-0.15, -0.1) is 0 Å². The Labute approximate surface area is 262 Å². The molecule has 3 heterocycles. The van der Waals surface area contributed by atoms with Gasteiger partial charge in [0.2, 0.25) is 5.91 Å². The van der Waals surface area contributed by atoms with E-state index in [1.807, 2.05) is 6.07 Å². The summed E-state index contributed by atoms with van der Waals surface area (Å²) in [7, 11) is 0. The summed E-state index contributed by atoms with van der Waals surface area (Å²) < 4.78 is 14.9. The number of rotatable bonds is 6. The number of benzene rings is 2. The maximum atomic E-state index is 11.8. The van der Waals surface area contributed by atoms with Crippen LogP contribution in [0.4, 0.5) is 11.5 Å². The summed E-state index contributed by atoms with van der Waals surface area (Å²) in [6.45, 7) is 9.38. The molecule has 0 spiro atoms. The molecule has 2 bridgehead atoms. The normalized spacial score (nSPS) is 24.3. The van der Waals surface area contributed by atoms with E-state index in [9.17, 15) is 9.59 Å². The van der Waals surface area contributed by atoms with Gasteiger partial charge in [0.25, 0.3) is 0 Å². The summed E-state index contributed by atoms with van der Waals surface area (Å²) in [6.07, 6.45) is 4.25. The molecule has 7 rings (SSSR count). The Morgan fingerprint density at radius 1 is 1.17 bits per heavy atom. The molecule has 2 aromatic carbocycles. The summed E-state index contributed by atoms with van der Waals surface area (Å²) in [4.78, 5) is 28.3. The van der Waals surface area contributed by atoms with E-state index >= 15 is 0 Å². The Morgan fingerprint density at radius 2 is 1.93 bits per heavy atom. The number of carbonyl (C=O) groups excluding carboxylic acids is 2. The number of aromatic nitrogens is 1. The van der Waals surface area contributed by atoms with E-state index < -0.39 is 0 Å². The monoisotopic (exact) mass is 628 g/mol. The van der Waals surface area contributed by atoms with Crippen LogP contribution in [0.1, 0.15) is 51.7 Å². The molecule has 10 heteroatoms. The number of carbonyl (C=O) groups is 2. The Hall–Kier alpha value is -2.17. The standard InChI is InChI=1S/C21H21ClN4OS.C10H16O2S.CH4/c22-17-13-18-15(12-20(27)23-18)11-14(17)5-6-25-7-9-26(10-8-25)21-16-3-1-2-4-19(16)28-24-21;1-9(2)7-3-4-10(9,6-13-12)8(11)5-7;/h1-4,11,13H,5-10,12H2,(H,23,27);7,12H,3-6H2,1-2H3;1H4. The predicted molar refractivity (Wildman–Crippen MR) is 176 cm³/mol. The second-order valence-corrected chi connectivity index (χ2v) is 14.1. The maximum absolute atomic E-state index is 11.8. The molecule has 2 aliphatic carbocycles. The minimum absolute atomic E-state index is 0. The van der Waals surface area contributed by atoms with Crippen LogP contribution >= 0.6 is 35.2 Å². The van der Waals surface area contributed by atoms with Crippen LogP contribution in [0.15, 0.2) is 36.4 Å². The molecule has 0 radical (unpaired) electrons. The maximum Gasteiger partial charge on any atom is 0.228 e. The fourth-order valence-corrected chi connectivity index (χ4v) is 9.22. The molecule has 1 aromatic heterocycles. The van der Waals surface area contributed by atoms with E-state index in [2.05, 4.69) is 63.7 Å². The third kappa shape index (κ3) is 5.59. The number of anilines is 2. The molecule has 3 aromatic rings. The number of hydrogen-bond acceptors (Lipinski definition) is 8. The summed E-state index contributed by atoms with van der Waals surface area (Å²) in [5.41, 5.74) is 2.95. The van der Waals surface area contributed by atoms with Gasteiger partial charge >= 0.3 is 0 Å². The average molecular weight is 629 g/mol. The predicted octanol–water partition coefficient (Wildman–Crippen LogP) is 7.03. The van der Waals surface area contributed by atoms with Gasteiger partial charge < -0.3 is 14.8 Å². The number of piperazine rings is 1. The van der Waals surface area contributed by atoms with Crippen LogP contribution in [0.3, 0.4) is 0 Å². The first kappa shape index (κ1) is 31.3. The number of halogens is 1. The van der Waals surface area contributed by atoms with Crippen molar-refractivity contribution in [1.29, 1.82) is 0 Å². The van der Waals surface area contributed by atoms with Gasteiger partial charge in [0, 0.05) is 66.4 Å². The smallest absolute Gasteiger partial charge is 0.228 e. The third-order valence-electron chi connectivity index (χ3n) is 10.1. The molecule has 2 unspecified atom stereocenters. The van der Waals surface area contributed by atoms with Crippen LogP contribution in [-0.2, 0) is 22.4 Å². The summed E-state index contributed by atoms with van der Waals surface area (Å²) in [5.74, 6) is 2.71. The quantitative estimate of drug-likeness (QED) is 0.283. The first-order valence-corrected chi connectivity index (χ1v) is 16.5. The SMILES string of the molecule is C.CC1(C)C2CCC1(CSO)C(=O)C2.O=C1Cc2cc(CCN3CCN(c4nsc5ccccc45)CC3)c(Cl)cc2N1. The highest BCUT2D eigenvalue weighted by molar-refractivity contribution is 7.93. The molecule has 1 saturated heterocycles. The molecule has 4 aliphatic rings. The highest BCUT2D eigenvalue weighted by Gasteiger charge is 2.63. The van der Waals surface area contributed by atoms with Gasteiger partial charge in [-0.05, 0) is 83.5 Å². The number of hydrogen-bond donors (Lipinski definition) is 2. The van der Waals surface area contributed by atoms with Crippen molar-refractivity contribution in [2.75, 3.05) is 48.7 Å². The zero-order valence-corrected chi connectivity index (χ0v) is 26.0. The second-order valence-electron chi connectivity index (χ2n) is 12.3. The van der Waals surface area contributed by atoms with Crippen LogP contribution in [0, 0.1) is 16.7 Å². The summed E-state index contributed by atoms with van der Waals surface area (Å²) in [5, 5.41) is 4.86. The van der Waals surface area contributed by atoms with Gasteiger partial charge in [-0.2, -0.15) is 4.37 Å². The largest absolute Gasteiger partial charge is 0.353 e. The zero-order chi connectivity index (χ0) is 28.8. The molecular formula is C32H41ClN4O3S2. The lowest BCUT2D eigenvalue weighted by Crippen LogP contribution is -2.47. The Morgan fingerprint density at radius 3 is 2.62 bits per heavy atom. The number of nitrogens with one attached hydrogen (secondary N) is 1. The molecule has 2 aliphatic heterocycles. The molecule has 226 valence electrons. The highest BCUT2D eigenvalue weighted by atomic mass is 35.5. The van der Waals surface area contributed by atoms with Crippen molar-refractivity contribution in [3.63, 3.8) is 0 Å². The lowest BCUT2D eigenvalue weighted by atomic mass is 9.70. The second kappa shape index (κ2) is 12.4. The lowest BCUT2D eigenvalue weighted by molar-refractivity contribution is -0.128. The molecular weight excluding hydrogens is 588 g/mol. The molecule has 3 fully saturated rings. The molecule has 2 N–H and O–H groups in total. The van der Waals surface area contributed by atoms with Crippen LogP contribution in [0.2, 0.25) is 5.02 Å². The zero-order valence-electron chi connectivity index (χ0n) is 23.6. The van der Waals surface area contributed by atoms with Crippen molar-refractivity contribution in [3.8, 4) is 0 Å². The van der Waals surface area contributed by atoms with Gasteiger partial charge in [-0.25, -0.2) is 0 Å². The number of nitrogens with zero attached hydrogens (tertiary/aromatic N) is 3. The summed E-state index contributed by atoms with van der Waals surface area (Å²) in [6, 6.07) is 12.4. The van der Waals surface area contributed by atoms with Crippen molar-refractivity contribution in [2.45, 2.75) is 53.4 Å². The number of Topliss-reactive ketones (excluding diaryl/α,β-unsaturated/α-hetero) is 1. The molecule has 2 atom stereocenters. The number of amides is 1. The van der Waals surface area contributed by atoms with Gasteiger partial charge in [0.15, 0.2) is 0 Å². The van der Waals surface area contributed by atoms with E-state index in [-0.39, 0.29) is 24.2 Å². The number of fused-ring (bicyclic) bond motifs is 4. The fourth-order valence-electron chi connectivity index (χ4n) is 7.27. The topological polar surface area (TPSA) is 85.8 Å². The Bertz CT molecular complexity index is 1470. The van der Waals surface area contributed by atoms with Crippen LogP contribution < -0.4 is 10.2 Å². The first-order valence-electron chi connectivity index (χ1n) is 14.4. The Kier molecular flexibility index (Phi) is 9.26. The van der Waals surface area contributed by atoms with E-state index in [1.54, 1.807) is 11.5 Å². The fraction of sp³-hybridized carbons (Fsp3) is 0.531. The summed E-state index contributed by atoms with van der Waals surface area (Å²) >= 11 is 8.85. The van der Waals surface area contributed by atoms with Gasteiger partial charge in [0.1, 0.15) is 11.6 Å². The van der Waals surface area contributed by atoms with E-state index in [4.69, 9.17) is 16.2 Å². The van der Waals surface area contributed by atoms with Crippen molar-refractivity contribution >= 4 is 68.5 Å². The molecule has 2 saturated carbocycles. The van der Waals surface area contributed by atoms with E-state index in [0.29, 0.717) is 23.9 Å². The lowest BCUT2D eigenvalue weighted by Gasteiger charge is -2.35. The van der Waals surface area contributed by atoms with Gasteiger partial charge in [0.05, 0.1) is 11.1 Å². The van der Waals surface area contributed by atoms with Crippen LogP contribution in [-0.4, -0.2) is 64.0 Å². The highest BCUT2D eigenvalue weighted by Crippen LogP contribution is 2.64. The van der Waals surface area contributed by atoms with Gasteiger partial charge in [-0.1, -0.05) is 51.1 Å². The third-order valence-corrected chi connectivity index (χ3v) is 11.9. The average Bonchev–Trinajstić information content (AvgIpc) is 3.66. The van der Waals surface area contributed by atoms with Gasteiger partial charge in [-0.3, -0.25) is 14.5 Å². The van der Waals surface area contributed by atoms with Crippen LogP contribution in [0.5, 0.6) is 0 Å². The minimum atomic E-state index is -0.211. The van der Waals surface area contributed by atoms with Crippen molar-refractivity contribution in [2.24, 2.45) is 16.7 Å². The Balaban J connectivity index is 0.000000212. The van der Waals surface area contributed by atoms with E-state index in [0.717, 1.165) is 91.7 Å². The minimum Gasteiger partial charge on any atom is -0.353 e. The molecule has 1 amide bonds. The number of ketones is 1. The molecule has 7 nitrogen and oxygen atoms in total.